The van der Waals surface area contributed by atoms with Crippen LogP contribution in [-0.2, 0) is 0 Å². The number of benzene rings is 1. The fraction of sp³-hybridized carbons (Fsp3) is 0.0833. The molecular weight excluding hydrogens is 312 g/mol. The predicted molar refractivity (Wildman–Crippen MR) is 75.1 cm³/mol. The number of nitrogen functional groups attached to an aromatic ring is 1. The normalized spacial score (nSPS) is 10.0. The zero-order valence-corrected chi connectivity index (χ0v) is 11.6. The van der Waals surface area contributed by atoms with Crippen LogP contribution >= 0.6 is 15.9 Å². The smallest absolute Gasteiger partial charge is 0.276 e. The first-order valence-corrected chi connectivity index (χ1v) is 6.13. The number of hydrogen-bond acceptors (Lipinski definition) is 5. The molecule has 0 aliphatic rings. The predicted octanol–water partition coefficient (Wildman–Crippen LogP) is 2.08. The number of rotatable bonds is 3. The second-order valence-corrected chi connectivity index (χ2v) is 4.56. The Hall–Kier alpha value is -2.15. The number of methoxy groups -OCH3 is 1. The Morgan fingerprint density at radius 1 is 1.32 bits per heavy atom. The molecule has 0 fully saturated rings. The van der Waals surface area contributed by atoms with Gasteiger partial charge in [-0.2, -0.15) is 0 Å². The molecule has 1 aromatic carbocycles. The number of ether oxygens (including phenoxy) is 1. The van der Waals surface area contributed by atoms with Crippen LogP contribution in [0.2, 0.25) is 0 Å². The monoisotopic (exact) mass is 322 g/mol. The van der Waals surface area contributed by atoms with Crippen molar-refractivity contribution in [1.82, 2.24) is 10.2 Å². The lowest BCUT2D eigenvalue weighted by atomic mass is 10.2. The van der Waals surface area contributed by atoms with Crippen molar-refractivity contribution in [3.8, 4) is 5.75 Å². The molecule has 0 aliphatic heterocycles. The van der Waals surface area contributed by atoms with Crippen molar-refractivity contribution in [3.63, 3.8) is 0 Å². The summed E-state index contributed by atoms with van der Waals surface area (Å²) in [4.78, 5) is 12.0. The molecule has 1 aromatic heterocycles. The highest BCUT2D eigenvalue weighted by Gasteiger charge is 2.11. The lowest BCUT2D eigenvalue weighted by Gasteiger charge is -2.10. The van der Waals surface area contributed by atoms with E-state index in [-0.39, 0.29) is 17.4 Å². The third-order valence-corrected chi connectivity index (χ3v) is 2.82. The summed E-state index contributed by atoms with van der Waals surface area (Å²) in [5.74, 6) is 0.431. The molecule has 7 heteroatoms. The number of anilines is 2. The number of nitrogens with zero attached hydrogens (tertiary/aromatic N) is 2. The molecule has 19 heavy (non-hydrogen) atoms. The Kier molecular flexibility index (Phi) is 3.96. The minimum Gasteiger partial charge on any atom is -0.495 e. The van der Waals surface area contributed by atoms with E-state index in [9.17, 15) is 4.79 Å². The fourth-order valence-electron chi connectivity index (χ4n) is 1.43. The van der Waals surface area contributed by atoms with Gasteiger partial charge in [0.15, 0.2) is 5.69 Å². The van der Waals surface area contributed by atoms with Crippen LogP contribution in [0.1, 0.15) is 10.5 Å². The molecule has 0 aliphatic carbocycles. The molecule has 0 bridgehead atoms. The van der Waals surface area contributed by atoms with Crippen LogP contribution in [0.4, 0.5) is 11.5 Å². The Bertz CT molecular complexity index is 601. The van der Waals surface area contributed by atoms with Crippen LogP contribution < -0.4 is 15.8 Å². The molecule has 0 atom stereocenters. The van der Waals surface area contributed by atoms with E-state index < -0.39 is 0 Å². The molecule has 0 saturated carbocycles. The summed E-state index contributed by atoms with van der Waals surface area (Å²) in [6.07, 6.45) is 0. The number of nitrogens with one attached hydrogen (secondary N) is 1. The van der Waals surface area contributed by atoms with Crippen molar-refractivity contribution in [2.24, 2.45) is 0 Å². The van der Waals surface area contributed by atoms with E-state index in [0.717, 1.165) is 4.47 Å². The van der Waals surface area contributed by atoms with E-state index in [0.29, 0.717) is 11.4 Å². The van der Waals surface area contributed by atoms with Gasteiger partial charge in [0.1, 0.15) is 11.6 Å². The van der Waals surface area contributed by atoms with E-state index in [1.165, 1.54) is 19.2 Å². The average molecular weight is 323 g/mol. The van der Waals surface area contributed by atoms with Crippen molar-refractivity contribution in [2.75, 3.05) is 18.2 Å². The number of amides is 1. The van der Waals surface area contributed by atoms with Gasteiger partial charge in [0, 0.05) is 4.47 Å². The van der Waals surface area contributed by atoms with E-state index in [4.69, 9.17) is 10.5 Å². The maximum atomic E-state index is 12.0. The van der Waals surface area contributed by atoms with Gasteiger partial charge in [-0.05, 0) is 30.3 Å². The highest BCUT2D eigenvalue weighted by Crippen LogP contribution is 2.28. The lowest BCUT2D eigenvalue weighted by Crippen LogP contribution is -2.15. The van der Waals surface area contributed by atoms with Crippen LogP contribution in [0.5, 0.6) is 5.75 Å². The number of carbonyl (C=O) groups is 1. The first kappa shape index (κ1) is 13.3. The van der Waals surface area contributed by atoms with Gasteiger partial charge < -0.3 is 15.8 Å². The molecule has 98 valence electrons. The first-order valence-electron chi connectivity index (χ1n) is 5.34. The van der Waals surface area contributed by atoms with Gasteiger partial charge in [-0.25, -0.2) is 0 Å². The van der Waals surface area contributed by atoms with Crippen LogP contribution in [0.15, 0.2) is 34.8 Å². The Morgan fingerprint density at radius 3 is 2.74 bits per heavy atom. The van der Waals surface area contributed by atoms with E-state index >= 15 is 0 Å². The number of hydrogen-bond donors (Lipinski definition) is 2. The summed E-state index contributed by atoms with van der Waals surface area (Å²) in [6, 6.07) is 8.31. The van der Waals surface area contributed by atoms with Gasteiger partial charge in [0.25, 0.3) is 5.91 Å². The number of carbonyl (C=O) groups excluding carboxylic acids is 1. The molecule has 1 amide bonds. The van der Waals surface area contributed by atoms with Crippen LogP contribution in [0, 0.1) is 0 Å². The summed E-state index contributed by atoms with van der Waals surface area (Å²) >= 11 is 3.33. The number of halogens is 1. The molecule has 0 spiro atoms. The molecule has 3 N–H and O–H groups in total. The highest BCUT2D eigenvalue weighted by atomic mass is 79.9. The van der Waals surface area contributed by atoms with E-state index in [2.05, 4.69) is 31.4 Å². The summed E-state index contributed by atoms with van der Waals surface area (Å²) in [5.41, 5.74) is 6.13. The maximum Gasteiger partial charge on any atom is 0.276 e. The van der Waals surface area contributed by atoms with Crippen LogP contribution in [0.3, 0.4) is 0 Å². The summed E-state index contributed by atoms with van der Waals surface area (Å²) < 4.78 is 5.99. The van der Waals surface area contributed by atoms with Crippen molar-refractivity contribution in [1.29, 1.82) is 0 Å². The lowest BCUT2D eigenvalue weighted by molar-refractivity contribution is 0.102. The minimum atomic E-state index is -0.385. The molecule has 2 rings (SSSR count). The van der Waals surface area contributed by atoms with E-state index in [1.807, 2.05) is 6.07 Å². The molecule has 0 unspecified atom stereocenters. The fourth-order valence-corrected chi connectivity index (χ4v) is 1.79. The van der Waals surface area contributed by atoms with Crippen molar-refractivity contribution in [2.45, 2.75) is 0 Å². The average Bonchev–Trinajstić information content (AvgIpc) is 2.39. The van der Waals surface area contributed by atoms with Gasteiger partial charge in [0.2, 0.25) is 0 Å². The molecule has 0 saturated heterocycles. The Balaban J connectivity index is 2.23. The van der Waals surface area contributed by atoms with Gasteiger partial charge in [-0.15, -0.1) is 10.2 Å². The molecule has 2 aromatic rings. The largest absolute Gasteiger partial charge is 0.495 e. The van der Waals surface area contributed by atoms with Crippen LogP contribution in [-0.4, -0.2) is 23.2 Å². The summed E-state index contributed by atoms with van der Waals surface area (Å²) in [7, 11) is 1.53. The zero-order valence-electron chi connectivity index (χ0n) is 10.1. The molecular formula is C12H11BrN4O2. The quantitative estimate of drug-likeness (QED) is 0.902. The van der Waals surface area contributed by atoms with E-state index in [1.54, 1.807) is 12.1 Å². The van der Waals surface area contributed by atoms with Gasteiger partial charge >= 0.3 is 0 Å². The van der Waals surface area contributed by atoms with Crippen LogP contribution in [0.25, 0.3) is 0 Å². The second kappa shape index (κ2) is 5.66. The van der Waals surface area contributed by atoms with Gasteiger partial charge in [0.05, 0.1) is 12.8 Å². The summed E-state index contributed by atoms with van der Waals surface area (Å²) in [5, 5.41) is 10.0. The SMILES string of the molecule is COc1ccc(Br)cc1NC(=O)c1ccc(N)nn1. The zero-order chi connectivity index (χ0) is 13.8. The molecule has 6 nitrogen and oxygen atoms in total. The number of nitrogens with two attached hydrogens (primary N) is 1. The highest BCUT2D eigenvalue weighted by molar-refractivity contribution is 9.10. The van der Waals surface area contributed by atoms with Crippen molar-refractivity contribution in [3.05, 3.63) is 40.5 Å². The minimum absolute atomic E-state index is 0.177. The number of aromatic nitrogens is 2. The topological polar surface area (TPSA) is 90.1 Å². The third-order valence-electron chi connectivity index (χ3n) is 2.33. The summed E-state index contributed by atoms with van der Waals surface area (Å²) in [6.45, 7) is 0. The van der Waals surface area contributed by atoms with Gasteiger partial charge in [-0.1, -0.05) is 15.9 Å². The standard InChI is InChI=1S/C12H11BrN4O2/c1-19-10-4-2-7(13)6-9(10)15-12(18)8-3-5-11(14)17-16-8/h2-6H,1H3,(H2,14,17)(H,15,18). The first-order chi connectivity index (χ1) is 9.10. The van der Waals surface area contributed by atoms with Gasteiger partial charge in [-0.3, -0.25) is 4.79 Å². The molecule has 0 radical (unpaired) electrons. The Labute approximate surface area is 118 Å². The molecule has 1 heterocycles. The Morgan fingerprint density at radius 2 is 2.11 bits per heavy atom. The van der Waals surface area contributed by atoms with Crippen molar-refractivity contribution >= 4 is 33.3 Å². The van der Waals surface area contributed by atoms with Crippen molar-refractivity contribution < 1.29 is 9.53 Å². The second-order valence-electron chi connectivity index (χ2n) is 3.64. The third kappa shape index (κ3) is 3.19. The maximum absolute atomic E-state index is 12.0.